The van der Waals surface area contributed by atoms with Gasteiger partial charge in [-0.3, -0.25) is 4.79 Å². The number of aromatic carboxylic acids is 1. The molecule has 26 heavy (non-hydrogen) atoms. The molecule has 0 radical (unpaired) electrons. The lowest BCUT2D eigenvalue weighted by Crippen LogP contribution is -2.06. The Labute approximate surface area is 156 Å². The smallest absolute Gasteiger partial charge is 0.335 e. The zero-order chi connectivity index (χ0) is 18.8. The van der Waals surface area contributed by atoms with Crippen LogP contribution in [0.1, 0.15) is 25.6 Å². The van der Waals surface area contributed by atoms with Gasteiger partial charge in [0.15, 0.2) is 5.13 Å². The van der Waals surface area contributed by atoms with Crippen LogP contribution in [0.2, 0.25) is 5.02 Å². The molecule has 1 aromatic heterocycles. The van der Waals surface area contributed by atoms with E-state index in [2.05, 4.69) is 10.3 Å². The Bertz CT molecular complexity index is 985. The molecule has 0 bridgehead atoms. The number of nitrogen functional groups attached to an aromatic ring is 1. The number of nitrogens with one attached hydrogen (secondary N) is 1. The highest BCUT2D eigenvalue weighted by atomic mass is 35.5. The summed E-state index contributed by atoms with van der Waals surface area (Å²) in [4.78, 5) is 27.5. The standard InChI is InChI=1S/C17H11ClFN3O3S/c18-10-2-1-3-11(19)12(10)13(23)14-15(20)22-17(26-14)21-9-6-4-8(5-7-9)16(24)25/h1-7H,20H2,(H,21,22)(H,24,25). The van der Waals surface area contributed by atoms with Crippen molar-refractivity contribution in [2.75, 3.05) is 11.1 Å². The van der Waals surface area contributed by atoms with E-state index in [1.807, 2.05) is 0 Å². The van der Waals surface area contributed by atoms with Crippen LogP contribution in [0.25, 0.3) is 0 Å². The molecule has 0 fully saturated rings. The second-order valence-corrected chi connectivity index (χ2v) is 6.57. The van der Waals surface area contributed by atoms with E-state index >= 15 is 0 Å². The number of benzene rings is 2. The first-order chi connectivity index (χ1) is 12.4. The van der Waals surface area contributed by atoms with E-state index in [1.165, 1.54) is 24.3 Å². The van der Waals surface area contributed by atoms with Crippen molar-refractivity contribution in [1.29, 1.82) is 0 Å². The summed E-state index contributed by atoms with van der Waals surface area (Å²) in [5.74, 6) is -2.49. The van der Waals surface area contributed by atoms with Crippen molar-refractivity contribution in [3.05, 3.63) is 69.3 Å². The monoisotopic (exact) mass is 391 g/mol. The molecule has 2 aromatic carbocycles. The number of carboxylic acid groups (broad SMARTS) is 1. The van der Waals surface area contributed by atoms with Gasteiger partial charge in [0.05, 0.1) is 16.1 Å². The number of nitrogens with two attached hydrogens (primary N) is 1. The molecule has 0 saturated heterocycles. The van der Waals surface area contributed by atoms with Crippen LogP contribution in [0.4, 0.5) is 21.0 Å². The normalized spacial score (nSPS) is 10.5. The number of hydrogen-bond donors (Lipinski definition) is 3. The van der Waals surface area contributed by atoms with Gasteiger partial charge in [-0.2, -0.15) is 0 Å². The fourth-order valence-corrected chi connectivity index (χ4v) is 3.30. The van der Waals surface area contributed by atoms with E-state index in [0.29, 0.717) is 10.8 Å². The van der Waals surface area contributed by atoms with Crippen LogP contribution in [0, 0.1) is 5.82 Å². The topological polar surface area (TPSA) is 105 Å². The highest BCUT2D eigenvalue weighted by molar-refractivity contribution is 7.18. The fourth-order valence-electron chi connectivity index (χ4n) is 2.20. The lowest BCUT2D eigenvalue weighted by atomic mass is 10.1. The Morgan fingerprint density at radius 2 is 1.88 bits per heavy atom. The first-order valence-corrected chi connectivity index (χ1v) is 8.41. The van der Waals surface area contributed by atoms with Gasteiger partial charge in [-0.25, -0.2) is 14.2 Å². The molecule has 0 spiro atoms. The molecular weight excluding hydrogens is 381 g/mol. The molecule has 0 saturated carbocycles. The van der Waals surface area contributed by atoms with Crippen LogP contribution in [0.15, 0.2) is 42.5 Å². The molecular formula is C17H11ClFN3O3S. The third kappa shape index (κ3) is 3.51. The summed E-state index contributed by atoms with van der Waals surface area (Å²) in [6, 6.07) is 9.90. The Kier molecular flexibility index (Phi) is 4.88. The number of carbonyl (C=O) groups is 2. The summed E-state index contributed by atoms with van der Waals surface area (Å²) in [6.07, 6.45) is 0. The molecule has 0 amide bonds. The predicted octanol–water partition coefficient (Wildman–Crippen LogP) is 4.19. The minimum absolute atomic E-state index is 0.0124. The highest BCUT2D eigenvalue weighted by Crippen LogP contribution is 2.32. The van der Waals surface area contributed by atoms with Crippen LogP contribution < -0.4 is 11.1 Å². The Hall–Kier alpha value is -2.97. The number of hydrogen-bond acceptors (Lipinski definition) is 6. The molecule has 3 rings (SSSR count). The fraction of sp³-hybridized carbons (Fsp3) is 0. The lowest BCUT2D eigenvalue weighted by Gasteiger charge is -2.03. The Morgan fingerprint density at radius 1 is 1.19 bits per heavy atom. The van der Waals surface area contributed by atoms with Crippen molar-refractivity contribution in [2.45, 2.75) is 0 Å². The zero-order valence-corrected chi connectivity index (χ0v) is 14.6. The number of anilines is 3. The quantitative estimate of drug-likeness (QED) is 0.563. The maximum atomic E-state index is 13.9. The average molecular weight is 392 g/mol. The minimum Gasteiger partial charge on any atom is -0.478 e. The predicted molar refractivity (Wildman–Crippen MR) is 98.1 cm³/mol. The molecule has 0 aliphatic heterocycles. The van der Waals surface area contributed by atoms with Crippen molar-refractivity contribution < 1.29 is 19.1 Å². The highest BCUT2D eigenvalue weighted by Gasteiger charge is 2.23. The van der Waals surface area contributed by atoms with Crippen molar-refractivity contribution >= 4 is 51.3 Å². The number of carbonyl (C=O) groups excluding carboxylic acids is 1. The van der Waals surface area contributed by atoms with Gasteiger partial charge in [0.25, 0.3) is 0 Å². The first-order valence-electron chi connectivity index (χ1n) is 7.22. The third-order valence-electron chi connectivity index (χ3n) is 3.43. The van der Waals surface area contributed by atoms with Crippen LogP contribution in [0.5, 0.6) is 0 Å². The molecule has 0 atom stereocenters. The number of aromatic nitrogens is 1. The van der Waals surface area contributed by atoms with E-state index in [1.54, 1.807) is 12.1 Å². The number of halogens is 2. The lowest BCUT2D eigenvalue weighted by molar-refractivity contribution is 0.0696. The molecule has 0 aliphatic carbocycles. The van der Waals surface area contributed by atoms with Crippen LogP contribution in [-0.4, -0.2) is 21.8 Å². The van der Waals surface area contributed by atoms with Crippen molar-refractivity contribution in [1.82, 2.24) is 4.98 Å². The number of ketones is 1. The van der Waals surface area contributed by atoms with E-state index in [4.69, 9.17) is 22.4 Å². The molecule has 1 heterocycles. The molecule has 3 aromatic rings. The second kappa shape index (κ2) is 7.11. The van der Waals surface area contributed by atoms with Gasteiger partial charge in [0.1, 0.15) is 16.5 Å². The number of thiazole rings is 1. The molecule has 6 nitrogen and oxygen atoms in total. The number of nitrogens with zero attached hydrogens (tertiary/aromatic N) is 1. The molecule has 0 aliphatic rings. The maximum absolute atomic E-state index is 13.9. The Morgan fingerprint density at radius 3 is 2.50 bits per heavy atom. The molecule has 0 unspecified atom stereocenters. The van der Waals surface area contributed by atoms with Crippen molar-refractivity contribution in [3.63, 3.8) is 0 Å². The maximum Gasteiger partial charge on any atom is 0.335 e. The summed E-state index contributed by atoms with van der Waals surface area (Å²) >= 11 is 6.87. The van der Waals surface area contributed by atoms with Gasteiger partial charge in [0.2, 0.25) is 5.78 Å². The first kappa shape index (κ1) is 17.8. The summed E-state index contributed by atoms with van der Waals surface area (Å²) in [5, 5.41) is 12.1. The second-order valence-electron chi connectivity index (χ2n) is 5.17. The summed E-state index contributed by atoms with van der Waals surface area (Å²) in [5.41, 5.74) is 6.23. The van der Waals surface area contributed by atoms with E-state index < -0.39 is 17.6 Å². The minimum atomic E-state index is -1.04. The summed E-state index contributed by atoms with van der Waals surface area (Å²) in [7, 11) is 0. The van der Waals surface area contributed by atoms with Crippen LogP contribution in [-0.2, 0) is 0 Å². The van der Waals surface area contributed by atoms with Gasteiger partial charge < -0.3 is 16.2 Å². The van der Waals surface area contributed by atoms with Gasteiger partial charge in [-0.1, -0.05) is 29.0 Å². The average Bonchev–Trinajstić information content (AvgIpc) is 2.95. The molecule has 4 N–H and O–H groups in total. The number of rotatable bonds is 5. The Balaban J connectivity index is 1.87. The van der Waals surface area contributed by atoms with Gasteiger partial charge >= 0.3 is 5.97 Å². The van der Waals surface area contributed by atoms with Crippen molar-refractivity contribution in [2.24, 2.45) is 0 Å². The van der Waals surface area contributed by atoms with E-state index in [-0.39, 0.29) is 26.8 Å². The van der Waals surface area contributed by atoms with Gasteiger partial charge in [0, 0.05) is 5.69 Å². The van der Waals surface area contributed by atoms with Gasteiger partial charge in [-0.05, 0) is 36.4 Å². The van der Waals surface area contributed by atoms with Crippen LogP contribution >= 0.6 is 22.9 Å². The summed E-state index contributed by atoms with van der Waals surface area (Å²) < 4.78 is 13.9. The van der Waals surface area contributed by atoms with E-state index in [9.17, 15) is 14.0 Å². The summed E-state index contributed by atoms with van der Waals surface area (Å²) in [6.45, 7) is 0. The zero-order valence-electron chi connectivity index (χ0n) is 13.0. The third-order valence-corrected chi connectivity index (χ3v) is 4.73. The van der Waals surface area contributed by atoms with Crippen molar-refractivity contribution in [3.8, 4) is 0 Å². The molecule has 132 valence electrons. The van der Waals surface area contributed by atoms with E-state index in [0.717, 1.165) is 17.4 Å². The SMILES string of the molecule is Nc1nc(Nc2ccc(C(=O)O)cc2)sc1C(=O)c1c(F)cccc1Cl. The number of carboxylic acids is 1. The van der Waals surface area contributed by atoms with Gasteiger partial charge in [-0.15, -0.1) is 0 Å². The van der Waals surface area contributed by atoms with Crippen LogP contribution in [0.3, 0.4) is 0 Å². The molecule has 9 heteroatoms. The largest absolute Gasteiger partial charge is 0.478 e.